The number of nitrogens with two attached hydrogens (primary N) is 4. The van der Waals surface area contributed by atoms with Crippen molar-refractivity contribution in [2.75, 3.05) is 13.1 Å². The lowest BCUT2D eigenvalue weighted by Crippen LogP contribution is -2.11. The number of primary amides is 2. The zero-order chi connectivity index (χ0) is 10.6. The molecule has 0 rings (SSSR count). The number of hydrogen-bond donors (Lipinski definition) is 6. The van der Waals surface area contributed by atoms with Crippen LogP contribution in [-0.2, 0) is 0 Å². The van der Waals surface area contributed by atoms with Crippen LogP contribution in [0, 0.1) is 0 Å². The second-order valence-corrected chi connectivity index (χ2v) is 1.25. The summed E-state index contributed by atoms with van der Waals surface area (Å²) in [6.07, 6.45) is -2.67. The van der Waals surface area contributed by atoms with Gasteiger partial charge in [0.25, 0.3) is 0 Å². The fraction of sp³-hybridized carbons (Fsp3) is 0.500. The fourth-order valence-electron chi connectivity index (χ4n) is 0. The quantitative estimate of drug-likeness (QED) is 0.277. The maximum atomic E-state index is 8.78. The molecule has 0 radical (unpaired) electrons. The predicted octanol–water partition coefficient (Wildman–Crippen LogP) is -1.85. The minimum Gasteiger partial charge on any atom is -0.465 e. The Hall–Kier alpha value is -1.54. The summed E-state index contributed by atoms with van der Waals surface area (Å²) in [6, 6.07) is 0. The molecule has 0 heterocycles. The fourth-order valence-corrected chi connectivity index (χ4v) is 0. The largest absolute Gasteiger partial charge is 0.465 e. The highest BCUT2D eigenvalue weighted by molar-refractivity contribution is 5.61. The zero-order valence-electron chi connectivity index (χ0n) is 6.43. The van der Waals surface area contributed by atoms with Gasteiger partial charge in [0.2, 0.25) is 0 Å². The van der Waals surface area contributed by atoms with Crippen LogP contribution in [0.1, 0.15) is 0 Å². The standard InChI is InChI=1S/C2H8N2.2CH3NO2/c3-1-2-4;2*2-1(3)4/h1-4H2;2*2H2,(H,3,4). The summed E-state index contributed by atoms with van der Waals surface area (Å²) < 4.78 is 0. The molecule has 0 aliphatic rings. The Morgan fingerprint density at radius 3 is 1.00 bits per heavy atom. The Balaban J connectivity index is -0.000000101. The topological polar surface area (TPSA) is 179 Å². The maximum Gasteiger partial charge on any atom is 0.402 e. The summed E-state index contributed by atoms with van der Waals surface area (Å²) in [4.78, 5) is 17.6. The SMILES string of the molecule is NC(=O)O.NC(=O)O.NCCN. The van der Waals surface area contributed by atoms with Gasteiger partial charge >= 0.3 is 12.2 Å². The number of carboxylic acid groups (broad SMARTS) is 2. The lowest BCUT2D eigenvalue weighted by Gasteiger charge is -1.72. The number of hydrogen-bond acceptors (Lipinski definition) is 4. The molecule has 0 spiro atoms. The Kier molecular flexibility index (Phi) is 22.7. The molecule has 0 aromatic heterocycles. The lowest BCUT2D eigenvalue weighted by molar-refractivity contribution is 0.204. The first-order chi connectivity index (χ1) is 5.38. The Morgan fingerprint density at radius 1 is 0.917 bits per heavy atom. The average Bonchev–Trinajstić information content (AvgIpc) is 1.85. The smallest absolute Gasteiger partial charge is 0.402 e. The Bertz CT molecular complexity index is 95.6. The van der Waals surface area contributed by atoms with Gasteiger partial charge in [0, 0.05) is 13.1 Å². The number of carbonyl (C=O) groups is 2. The van der Waals surface area contributed by atoms with Gasteiger partial charge in [-0.25, -0.2) is 9.59 Å². The molecule has 0 aliphatic heterocycles. The molecular formula is C4H14N4O4. The van der Waals surface area contributed by atoms with Gasteiger partial charge < -0.3 is 33.1 Å². The van der Waals surface area contributed by atoms with Crippen molar-refractivity contribution >= 4 is 12.2 Å². The number of rotatable bonds is 1. The summed E-state index contributed by atoms with van der Waals surface area (Å²) >= 11 is 0. The van der Waals surface area contributed by atoms with Gasteiger partial charge in [-0.15, -0.1) is 0 Å². The summed E-state index contributed by atoms with van der Waals surface area (Å²) in [5, 5.41) is 14.4. The first-order valence-electron chi connectivity index (χ1n) is 2.75. The van der Waals surface area contributed by atoms with Gasteiger partial charge in [0.15, 0.2) is 0 Å². The summed E-state index contributed by atoms with van der Waals surface area (Å²) in [6.45, 7) is 1.19. The molecule has 12 heavy (non-hydrogen) atoms. The highest BCUT2D eigenvalue weighted by Crippen LogP contribution is 1.35. The van der Waals surface area contributed by atoms with Crippen LogP contribution in [0.5, 0.6) is 0 Å². The first-order valence-corrected chi connectivity index (χ1v) is 2.75. The van der Waals surface area contributed by atoms with Crippen LogP contribution in [0.4, 0.5) is 9.59 Å². The van der Waals surface area contributed by atoms with Crippen molar-refractivity contribution in [3.8, 4) is 0 Å². The molecule has 10 N–H and O–H groups in total. The second kappa shape index (κ2) is 16.2. The van der Waals surface area contributed by atoms with Crippen LogP contribution in [0.2, 0.25) is 0 Å². The van der Waals surface area contributed by atoms with Gasteiger partial charge in [-0.05, 0) is 0 Å². The maximum absolute atomic E-state index is 8.78. The van der Waals surface area contributed by atoms with Crippen LogP contribution in [0.25, 0.3) is 0 Å². The molecule has 0 aromatic rings. The molecule has 8 heteroatoms. The highest BCUT2D eigenvalue weighted by Gasteiger charge is 1.65. The van der Waals surface area contributed by atoms with E-state index in [0.717, 1.165) is 0 Å². The van der Waals surface area contributed by atoms with Crippen molar-refractivity contribution in [1.29, 1.82) is 0 Å². The third kappa shape index (κ3) is 1610. The number of amides is 2. The molecule has 0 bridgehead atoms. The monoisotopic (exact) mass is 182 g/mol. The van der Waals surface area contributed by atoms with Crippen molar-refractivity contribution in [3.63, 3.8) is 0 Å². The molecule has 74 valence electrons. The summed E-state index contributed by atoms with van der Waals surface area (Å²) in [5.41, 5.74) is 17.9. The van der Waals surface area contributed by atoms with E-state index in [9.17, 15) is 0 Å². The summed E-state index contributed by atoms with van der Waals surface area (Å²) in [7, 11) is 0. The van der Waals surface area contributed by atoms with Crippen molar-refractivity contribution in [2.45, 2.75) is 0 Å². The van der Waals surface area contributed by atoms with Crippen LogP contribution in [0.15, 0.2) is 0 Å². The minimum atomic E-state index is -1.33. The molecule has 8 nitrogen and oxygen atoms in total. The predicted molar refractivity (Wildman–Crippen MR) is 42.5 cm³/mol. The normalized spacial score (nSPS) is 6.50. The van der Waals surface area contributed by atoms with E-state index in [0.29, 0.717) is 13.1 Å². The van der Waals surface area contributed by atoms with Crippen molar-refractivity contribution in [2.24, 2.45) is 22.9 Å². The van der Waals surface area contributed by atoms with Crippen LogP contribution >= 0.6 is 0 Å². The van der Waals surface area contributed by atoms with Gasteiger partial charge in [-0.3, -0.25) is 0 Å². The van der Waals surface area contributed by atoms with E-state index in [4.69, 9.17) is 31.3 Å². The van der Waals surface area contributed by atoms with Crippen LogP contribution < -0.4 is 22.9 Å². The molecule has 2 amide bonds. The van der Waals surface area contributed by atoms with E-state index in [1.54, 1.807) is 0 Å². The Labute approximate surface area is 69.1 Å². The van der Waals surface area contributed by atoms with E-state index in [2.05, 4.69) is 11.5 Å². The Morgan fingerprint density at radius 2 is 1.00 bits per heavy atom. The van der Waals surface area contributed by atoms with E-state index in [1.165, 1.54) is 0 Å². The highest BCUT2D eigenvalue weighted by atomic mass is 16.4. The molecule has 0 saturated carbocycles. The van der Waals surface area contributed by atoms with Crippen molar-refractivity contribution < 1.29 is 19.8 Å². The average molecular weight is 182 g/mol. The summed E-state index contributed by atoms with van der Waals surface area (Å²) in [5.74, 6) is 0. The lowest BCUT2D eigenvalue weighted by atomic mass is 10.7. The van der Waals surface area contributed by atoms with Gasteiger partial charge in [-0.2, -0.15) is 0 Å². The molecule has 0 unspecified atom stereocenters. The first kappa shape index (κ1) is 16.8. The van der Waals surface area contributed by atoms with Crippen molar-refractivity contribution in [1.82, 2.24) is 0 Å². The molecule has 0 aromatic carbocycles. The van der Waals surface area contributed by atoms with Gasteiger partial charge in [-0.1, -0.05) is 0 Å². The molecule has 0 aliphatic carbocycles. The van der Waals surface area contributed by atoms with Gasteiger partial charge in [0.05, 0.1) is 0 Å². The van der Waals surface area contributed by atoms with Gasteiger partial charge in [0.1, 0.15) is 0 Å². The van der Waals surface area contributed by atoms with Crippen LogP contribution in [0.3, 0.4) is 0 Å². The minimum absolute atomic E-state index is 0.597. The molecule has 0 saturated heterocycles. The van der Waals surface area contributed by atoms with E-state index in [1.807, 2.05) is 0 Å². The van der Waals surface area contributed by atoms with E-state index >= 15 is 0 Å². The van der Waals surface area contributed by atoms with E-state index in [-0.39, 0.29) is 0 Å². The molecule has 0 fully saturated rings. The third-order valence-electron chi connectivity index (χ3n) is 0.167. The zero-order valence-corrected chi connectivity index (χ0v) is 6.43. The van der Waals surface area contributed by atoms with E-state index < -0.39 is 12.2 Å². The molecular weight excluding hydrogens is 168 g/mol. The second-order valence-electron chi connectivity index (χ2n) is 1.25. The van der Waals surface area contributed by atoms with Crippen LogP contribution in [-0.4, -0.2) is 35.5 Å². The molecule has 0 atom stereocenters. The third-order valence-corrected chi connectivity index (χ3v) is 0.167. The van der Waals surface area contributed by atoms with Crippen molar-refractivity contribution in [3.05, 3.63) is 0 Å².